The number of rotatable bonds is 6. The van der Waals surface area contributed by atoms with E-state index in [9.17, 15) is 0 Å². The maximum atomic E-state index is 5.69. The van der Waals surface area contributed by atoms with Crippen LogP contribution in [0.15, 0.2) is 24.3 Å². The van der Waals surface area contributed by atoms with E-state index in [1.807, 2.05) is 12.1 Å². The van der Waals surface area contributed by atoms with Crippen molar-refractivity contribution < 1.29 is 28.4 Å². The molecule has 0 unspecified atom stereocenters. The van der Waals surface area contributed by atoms with E-state index in [4.69, 9.17) is 28.4 Å². The summed E-state index contributed by atoms with van der Waals surface area (Å²) in [6.45, 7) is 0. The van der Waals surface area contributed by atoms with Gasteiger partial charge in [0.25, 0.3) is 0 Å². The lowest BCUT2D eigenvalue weighted by molar-refractivity contribution is 0.327. The highest BCUT2D eigenvalue weighted by atomic mass is 16.5. The fourth-order valence-electron chi connectivity index (χ4n) is 4.55. The molecule has 0 radical (unpaired) electrons. The van der Waals surface area contributed by atoms with Crippen LogP contribution >= 0.6 is 0 Å². The van der Waals surface area contributed by atoms with Crippen LogP contribution in [0.4, 0.5) is 0 Å². The fraction of sp³-hybridized carbons (Fsp3) is 0.250. The Hall–Kier alpha value is -3.94. The molecule has 0 bridgehead atoms. The standard InChI is InChI=1S/C24H24N2O6/c1-27-15-9-13-11-7-8-12-14-10-16(28-2)22(30-4)24(32-6)20(14)26-18(12)17(11)25-19(13)23(31-5)21(15)29-3/h7-10,25-26H,1-6H3. The van der Waals surface area contributed by atoms with Crippen LogP contribution in [0, 0.1) is 0 Å². The summed E-state index contributed by atoms with van der Waals surface area (Å²) in [5.41, 5.74) is 3.52. The number of H-pyrrole nitrogens is 2. The van der Waals surface area contributed by atoms with Crippen molar-refractivity contribution in [3.05, 3.63) is 24.3 Å². The number of methoxy groups -OCH3 is 6. The summed E-state index contributed by atoms with van der Waals surface area (Å²) in [4.78, 5) is 7.05. The van der Waals surface area contributed by atoms with Crippen LogP contribution in [0.5, 0.6) is 34.5 Å². The van der Waals surface area contributed by atoms with Gasteiger partial charge < -0.3 is 38.4 Å². The summed E-state index contributed by atoms with van der Waals surface area (Å²) >= 11 is 0. The van der Waals surface area contributed by atoms with E-state index in [2.05, 4.69) is 22.1 Å². The van der Waals surface area contributed by atoms with Crippen LogP contribution in [0.3, 0.4) is 0 Å². The third kappa shape index (κ3) is 2.49. The first-order chi connectivity index (χ1) is 15.6. The molecule has 0 aliphatic carbocycles. The van der Waals surface area contributed by atoms with Crippen LogP contribution in [0.25, 0.3) is 43.6 Å². The highest BCUT2D eigenvalue weighted by Gasteiger charge is 2.23. The second-order valence-corrected chi connectivity index (χ2v) is 7.30. The summed E-state index contributed by atoms with van der Waals surface area (Å²) in [5.74, 6) is 3.46. The number of ether oxygens (including phenoxy) is 6. The van der Waals surface area contributed by atoms with Crippen molar-refractivity contribution in [1.82, 2.24) is 9.97 Å². The summed E-state index contributed by atoms with van der Waals surface area (Å²) in [6, 6.07) is 8.07. The molecular formula is C24H24N2O6. The zero-order valence-corrected chi connectivity index (χ0v) is 18.8. The zero-order valence-electron chi connectivity index (χ0n) is 18.8. The smallest absolute Gasteiger partial charge is 0.205 e. The van der Waals surface area contributed by atoms with Crippen LogP contribution in [0.2, 0.25) is 0 Å². The summed E-state index contributed by atoms with van der Waals surface area (Å²) in [7, 11) is 9.64. The molecule has 8 heteroatoms. The highest BCUT2D eigenvalue weighted by molar-refractivity contribution is 6.23. The van der Waals surface area contributed by atoms with Gasteiger partial charge in [0.1, 0.15) is 0 Å². The van der Waals surface area contributed by atoms with Gasteiger partial charge in [-0.2, -0.15) is 0 Å². The van der Waals surface area contributed by atoms with Crippen molar-refractivity contribution in [1.29, 1.82) is 0 Å². The predicted octanol–water partition coefficient (Wildman–Crippen LogP) is 5.01. The zero-order chi connectivity index (χ0) is 22.6. The molecule has 0 amide bonds. The summed E-state index contributed by atoms with van der Waals surface area (Å²) in [5, 5.41) is 3.99. The average Bonchev–Trinajstić information content (AvgIpc) is 3.39. The average molecular weight is 436 g/mol. The molecule has 5 aromatic rings. The number of fused-ring (bicyclic) bond motifs is 7. The number of hydrogen-bond acceptors (Lipinski definition) is 6. The highest BCUT2D eigenvalue weighted by Crippen LogP contribution is 2.48. The Morgan fingerprint density at radius 3 is 1.12 bits per heavy atom. The molecule has 2 aromatic heterocycles. The monoisotopic (exact) mass is 436 g/mol. The van der Waals surface area contributed by atoms with Gasteiger partial charge in [-0.05, 0) is 12.1 Å². The second-order valence-electron chi connectivity index (χ2n) is 7.30. The number of nitrogens with one attached hydrogen (secondary N) is 2. The number of hydrogen-bond donors (Lipinski definition) is 2. The molecule has 2 heterocycles. The Morgan fingerprint density at radius 2 is 0.812 bits per heavy atom. The van der Waals surface area contributed by atoms with E-state index in [1.165, 1.54) is 0 Å². The predicted molar refractivity (Wildman–Crippen MR) is 124 cm³/mol. The molecule has 0 saturated carbocycles. The topological polar surface area (TPSA) is 87.0 Å². The summed E-state index contributed by atoms with van der Waals surface area (Å²) in [6.07, 6.45) is 0. The van der Waals surface area contributed by atoms with Crippen LogP contribution in [-0.2, 0) is 0 Å². The molecule has 5 rings (SSSR count). The largest absolute Gasteiger partial charge is 0.493 e. The maximum Gasteiger partial charge on any atom is 0.205 e. The van der Waals surface area contributed by atoms with Gasteiger partial charge in [0.2, 0.25) is 11.5 Å². The van der Waals surface area contributed by atoms with Crippen LogP contribution in [-0.4, -0.2) is 52.6 Å². The quantitative estimate of drug-likeness (QED) is 0.389. The maximum absolute atomic E-state index is 5.69. The van der Waals surface area contributed by atoms with Gasteiger partial charge in [0.15, 0.2) is 23.0 Å². The molecular weight excluding hydrogens is 412 g/mol. The lowest BCUT2D eigenvalue weighted by Crippen LogP contribution is -1.95. The van der Waals surface area contributed by atoms with Gasteiger partial charge in [-0.25, -0.2) is 0 Å². The summed E-state index contributed by atoms with van der Waals surface area (Å²) < 4.78 is 33.6. The van der Waals surface area contributed by atoms with E-state index in [0.29, 0.717) is 34.5 Å². The van der Waals surface area contributed by atoms with E-state index in [1.54, 1.807) is 42.7 Å². The SMILES string of the molecule is COc1cc2c([nH]c3c2ccc2c4cc(OC)c(OC)c(OC)c4[nH]c23)c(OC)c1OC. The van der Waals surface area contributed by atoms with Gasteiger partial charge in [0, 0.05) is 21.5 Å². The molecule has 2 N–H and O–H groups in total. The van der Waals surface area contributed by atoms with Gasteiger partial charge in [-0.15, -0.1) is 0 Å². The minimum absolute atomic E-state index is 0.540. The first kappa shape index (κ1) is 20.0. The molecule has 0 spiro atoms. The van der Waals surface area contributed by atoms with Crippen molar-refractivity contribution in [3.63, 3.8) is 0 Å². The molecule has 3 aromatic carbocycles. The van der Waals surface area contributed by atoms with Gasteiger partial charge >= 0.3 is 0 Å². The molecule has 0 aliphatic rings. The fourth-order valence-corrected chi connectivity index (χ4v) is 4.55. The minimum Gasteiger partial charge on any atom is -0.493 e. The van der Waals surface area contributed by atoms with Crippen molar-refractivity contribution in [2.24, 2.45) is 0 Å². The van der Waals surface area contributed by atoms with E-state index in [0.717, 1.165) is 43.6 Å². The van der Waals surface area contributed by atoms with E-state index >= 15 is 0 Å². The van der Waals surface area contributed by atoms with Gasteiger partial charge in [-0.1, -0.05) is 12.1 Å². The van der Waals surface area contributed by atoms with Crippen LogP contribution < -0.4 is 28.4 Å². The van der Waals surface area contributed by atoms with Gasteiger partial charge in [-0.3, -0.25) is 0 Å². The van der Waals surface area contributed by atoms with Gasteiger partial charge in [0.05, 0.1) is 64.7 Å². The molecule has 0 aliphatic heterocycles. The Balaban J connectivity index is 1.94. The minimum atomic E-state index is 0.540. The number of aromatic nitrogens is 2. The normalized spacial score (nSPS) is 11.4. The molecule has 8 nitrogen and oxygen atoms in total. The number of benzene rings is 3. The van der Waals surface area contributed by atoms with Crippen molar-refractivity contribution in [2.45, 2.75) is 0 Å². The Morgan fingerprint density at radius 1 is 0.438 bits per heavy atom. The lowest BCUT2D eigenvalue weighted by Gasteiger charge is -2.12. The van der Waals surface area contributed by atoms with Crippen molar-refractivity contribution in [3.8, 4) is 34.5 Å². The Kier molecular flexibility index (Phi) is 4.58. The number of aromatic amines is 2. The van der Waals surface area contributed by atoms with Crippen molar-refractivity contribution >= 4 is 43.6 Å². The molecule has 0 saturated heterocycles. The van der Waals surface area contributed by atoms with E-state index in [-0.39, 0.29) is 0 Å². The van der Waals surface area contributed by atoms with Crippen molar-refractivity contribution in [2.75, 3.05) is 42.7 Å². The molecule has 0 fully saturated rings. The second kappa shape index (κ2) is 7.33. The molecule has 0 atom stereocenters. The third-order valence-electron chi connectivity index (χ3n) is 5.95. The molecule has 32 heavy (non-hydrogen) atoms. The third-order valence-corrected chi connectivity index (χ3v) is 5.95. The Labute approximate surface area is 183 Å². The molecule has 166 valence electrons. The van der Waals surface area contributed by atoms with Crippen LogP contribution in [0.1, 0.15) is 0 Å². The Bertz CT molecular complexity index is 1380. The lowest BCUT2D eigenvalue weighted by atomic mass is 10.1. The first-order valence-corrected chi connectivity index (χ1v) is 9.99. The first-order valence-electron chi connectivity index (χ1n) is 9.99. The van der Waals surface area contributed by atoms with E-state index < -0.39 is 0 Å².